The molecule has 4 aliphatic carbocycles. The van der Waals surface area contributed by atoms with E-state index >= 15 is 0 Å². The van der Waals surface area contributed by atoms with Crippen LogP contribution in [0.4, 0.5) is 5.69 Å². The fraction of sp³-hybridized carbons (Fsp3) is 0.588. The molecule has 0 unspecified atom stereocenters. The Morgan fingerprint density at radius 2 is 1.71 bits per heavy atom. The Kier molecular flexibility index (Phi) is 3.34. The van der Waals surface area contributed by atoms with Gasteiger partial charge in [0.2, 0.25) is 5.91 Å². The Bertz CT molecular complexity index is 565. The van der Waals surface area contributed by atoms with Crippen molar-refractivity contribution in [2.75, 3.05) is 5.32 Å². The van der Waals surface area contributed by atoms with Gasteiger partial charge in [0.05, 0.1) is 11.1 Å². The van der Waals surface area contributed by atoms with E-state index < -0.39 is 0 Å². The first-order valence-electron chi connectivity index (χ1n) is 7.81. The molecule has 0 heterocycles. The SMILES string of the molecule is O=C(Nc1ccc(Cl)cc1Br)C12CC3CC(CC(C3)C1)C2. The molecule has 0 saturated heterocycles. The van der Waals surface area contributed by atoms with Gasteiger partial charge < -0.3 is 5.32 Å². The molecule has 4 bridgehead atoms. The lowest BCUT2D eigenvalue weighted by Gasteiger charge is -2.55. The van der Waals surface area contributed by atoms with Crippen molar-refractivity contribution < 1.29 is 4.79 Å². The van der Waals surface area contributed by atoms with Crippen LogP contribution in [0.3, 0.4) is 0 Å². The minimum absolute atomic E-state index is 0.103. The molecule has 0 spiro atoms. The van der Waals surface area contributed by atoms with E-state index in [0.29, 0.717) is 5.02 Å². The first kappa shape index (κ1) is 14.1. The summed E-state index contributed by atoms with van der Waals surface area (Å²) >= 11 is 9.45. The molecule has 0 radical (unpaired) electrons. The van der Waals surface area contributed by atoms with Crippen LogP contribution in [0.25, 0.3) is 0 Å². The lowest BCUT2D eigenvalue weighted by Crippen LogP contribution is -2.51. The van der Waals surface area contributed by atoms with E-state index in [0.717, 1.165) is 47.2 Å². The van der Waals surface area contributed by atoms with Gasteiger partial charge in [-0.05, 0) is 90.4 Å². The molecule has 2 nitrogen and oxygen atoms in total. The number of anilines is 1. The maximum atomic E-state index is 12.9. The zero-order valence-electron chi connectivity index (χ0n) is 11.9. The van der Waals surface area contributed by atoms with E-state index in [-0.39, 0.29) is 11.3 Å². The first-order valence-corrected chi connectivity index (χ1v) is 8.98. The Morgan fingerprint density at radius 3 is 2.24 bits per heavy atom. The molecule has 4 fully saturated rings. The summed E-state index contributed by atoms with van der Waals surface area (Å²) < 4.78 is 0.855. The zero-order chi connectivity index (χ0) is 14.6. The highest BCUT2D eigenvalue weighted by atomic mass is 79.9. The molecule has 4 saturated carbocycles. The predicted octanol–water partition coefficient (Wildman–Crippen LogP) is 5.26. The molecule has 0 aromatic heterocycles. The van der Waals surface area contributed by atoms with Gasteiger partial charge >= 0.3 is 0 Å². The third kappa shape index (κ3) is 2.43. The van der Waals surface area contributed by atoms with Gasteiger partial charge in [0, 0.05) is 9.50 Å². The van der Waals surface area contributed by atoms with Crippen molar-refractivity contribution in [1.82, 2.24) is 0 Å². The molecule has 4 aliphatic rings. The summed E-state index contributed by atoms with van der Waals surface area (Å²) in [6.07, 6.45) is 7.35. The molecular weight excluding hydrogens is 350 g/mol. The van der Waals surface area contributed by atoms with Gasteiger partial charge in [0.15, 0.2) is 0 Å². The Morgan fingerprint density at radius 1 is 1.14 bits per heavy atom. The fourth-order valence-corrected chi connectivity index (χ4v) is 6.02. The van der Waals surface area contributed by atoms with Crippen molar-refractivity contribution in [1.29, 1.82) is 0 Å². The lowest BCUT2D eigenvalue weighted by molar-refractivity contribution is -0.140. The van der Waals surface area contributed by atoms with Gasteiger partial charge in [0.1, 0.15) is 0 Å². The second kappa shape index (κ2) is 4.99. The normalized spacial score (nSPS) is 36.8. The predicted molar refractivity (Wildman–Crippen MR) is 88.4 cm³/mol. The molecule has 0 atom stereocenters. The van der Waals surface area contributed by atoms with Crippen LogP contribution in [-0.2, 0) is 4.79 Å². The van der Waals surface area contributed by atoms with Crippen LogP contribution in [0.15, 0.2) is 22.7 Å². The summed E-state index contributed by atoms with van der Waals surface area (Å²) in [5, 5.41) is 3.83. The van der Waals surface area contributed by atoms with Crippen LogP contribution in [-0.4, -0.2) is 5.91 Å². The molecular formula is C17H19BrClNO. The van der Waals surface area contributed by atoms with Crippen molar-refractivity contribution >= 4 is 39.1 Å². The summed E-state index contributed by atoms with van der Waals surface area (Å²) in [6, 6.07) is 5.53. The Hall–Kier alpha value is -0.540. The van der Waals surface area contributed by atoms with E-state index in [9.17, 15) is 4.79 Å². The fourth-order valence-electron chi connectivity index (χ4n) is 5.23. The molecule has 1 N–H and O–H groups in total. The largest absolute Gasteiger partial charge is 0.325 e. The smallest absolute Gasteiger partial charge is 0.230 e. The monoisotopic (exact) mass is 367 g/mol. The Labute approximate surface area is 138 Å². The molecule has 1 amide bonds. The van der Waals surface area contributed by atoms with Gasteiger partial charge in [-0.15, -0.1) is 0 Å². The maximum Gasteiger partial charge on any atom is 0.230 e. The number of rotatable bonds is 2. The van der Waals surface area contributed by atoms with E-state index in [2.05, 4.69) is 21.2 Å². The number of nitrogens with one attached hydrogen (secondary N) is 1. The summed E-state index contributed by atoms with van der Waals surface area (Å²) in [7, 11) is 0. The van der Waals surface area contributed by atoms with Gasteiger partial charge in [0.25, 0.3) is 0 Å². The standard InChI is InChI=1S/C17H19BrClNO/c18-14-6-13(19)1-2-15(14)20-16(21)17-7-10-3-11(8-17)5-12(4-10)9-17/h1-2,6,10-12H,3-5,7-9H2,(H,20,21). The molecule has 1 aromatic carbocycles. The number of hydrogen-bond acceptors (Lipinski definition) is 1. The number of benzene rings is 1. The highest BCUT2D eigenvalue weighted by molar-refractivity contribution is 9.10. The van der Waals surface area contributed by atoms with Crippen molar-refractivity contribution in [3.05, 3.63) is 27.7 Å². The van der Waals surface area contributed by atoms with Crippen LogP contribution < -0.4 is 5.32 Å². The second-order valence-electron chi connectivity index (χ2n) is 7.28. The van der Waals surface area contributed by atoms with Crippen LogP contribution in [0.1, 0.15) is 38.5 Å². The zero-order valence-corrected chi connectivity index (χ0v) is 14.2. The van der Waals surface area contributed by atoms with Crippen LogP contribution in [0.2, 0.25) is 5.02 Å². The number of hydrogen-bond donors (Lipinski definition) is 1. The van der Waals surface area contributed by atoms with Gasteiger partial charge in [-0.1, -0.05) is 11.6 Å². The summed E-state index contributed by atoms with van der Waals surface area (Å²) in [5.41, 5.74) is 0.730. The summed E-state index contributed by atoms with van der Waals surface area (Å²) in [6.45, 7) is 0. The van der Waals surface area contributed by atoms with Crippen LogP contribution in [0, 0.1) is 23.2 Å². The van der Waals surface area contributed by atoms with Gasteiger partial charge in [-0.25, -0.2) is 0 Å². The number of amides is 1. The minimum atomic E-state index is -0.103. The van der Waals surface area contributed by atoms with Gasteiger partial charge in [-0.2, -0.15) is 0 Å². The molecule has 4 heteroatoms. The third-order valence-corrected chi connectivity index (χ3v) is 6.59. The Balaban J connectivity index is 1.57. The topological polar surface area (TPSA) is 29.1 Å². The van der Waals surface area contributed by atoms with Crippen molar-refractivity contribution in [2.24, 2.45) is 23.2 Å². The maximum absolute atomic E-state index is 12.9. The molecule has 21 heavy (non-hydrogen) atoms. The highest BCUT2D eigenvalue weighted by Gasteiger charge is 2.54. The molecule has 112 valence electrons. The summed E-state index contributed by atoms with van der Waals surface area (Å²) in [5.74, 6) is 2.59. The van der Waals surface area contributed by atoms with E-state index in [4.69, 9.17) is 11.6 Å². The lowest BCUT2D eigenvalue weighted by atomic mass is 9.49. The van der Waals surface area contributed by atoms with E-state index in [1.807, 2.05) is 18.2 Å². The van der Waals surface area contributed by atoms with Gasteiger partial charge in [-0.3, -0.25) is 4.79 Å². The number of halogens is 2. The average Bonchev–Trinajstić information content (AvgIpc) is 2.40. The van der Waals surface area contributed by atoms with Crippen LogP contribution >= 0.6 is 27.5 Å². The molecule has 5 rings (SSSR count). The highest BCUT2D eigenvalue weighted by Crippen LogP contribution is 2.60. The van der Waals surface area contributed by atoms with Crippen LogP contribution in [0.5, 0.6) is 0 Å². The third-order valence-electron chi connectivity index (χ3n) is 5.70. The van der Waals surface area contributed by atoms with E-state index in [1.54, 1.807) is 0 Å². The second-order valence-corrected chi connectivity index (χ2v) is 8.57. The summed E-state index contributed by atoms with van der Waals surface area (Å²) in [4.78, 5) is 12.9. The van der Waals surface area contributed by atoms with Crippen molar-refractivity contribution in [3.8, 4) is 0 Å². The molecule has 0 aliphatic heterocycles. The van der Waals surface area contributed by atoms with Crippen molar-refractivity contribution in [2.45, 2.75) is 38.5 Å². The first-order chi connectivity index (χ1) is 10.0. The van der Waals surface area contributed by atoms with E-state index in [1.165, 1.54) is 19.3 Å². The minimum Gasteiger partial charge on any atom is -0.325 e. The quantitative estimate of drug-likeness (QED) is 0.758. The number of carbonyl (C=O) groups is 1. The number of carbonyl (C=O) groups excluding carboxylic acids is 1. The average molecular weight is 369 g/mol. The van der Waals surface area contributed by atoms with Crippen molar-refractivity contribution in [3.63, 3.8) is 0 Å². The molecule has 1 aromatic rings.